The third kappa shape index (κ3) is 3.80. The Morgan fingerprint density at radius 1 is 0.929 bits per heavy atom. The van der Waals surface area contributed by atoms with Crippen LogP contribution in [-0.2, 0) is 19.2 Å². The van der Waals surface area contributed by atoms with Gasteiger partial charge < -0.3 is 9.64 Å². The molecule has 6 rings (SSSR count). The van der Waals surface area contributed by atoms with Crippen LogP contribution >= 0.6 is 69.6 Å². The highest BCUT2D eigenvalue weighted by atomic mass is 35.5. The van der Waals surface area contributed by atoms with Gasteiger partial charge in [-0.25, -0.2) is 4.90 Å². The van der Waals surface area contributed by atoms with Crippen LogP contribution in [0.3, 0.4) is 0 Å². The first-order chi connectivity index (χ1) is 19.7. The molecule has 2 saturated heterocycles. The van der Waals surface area contributed by atoms with E-state index < -0.39 is 49.6 Å². The normalized spacial score (nSPS) is 32.2. The quantitative estimate of drug-likeness (QED) is 0.156. The fourth-order valence-electron chi connectivity index (χ4n) is 6.55. The Kier molecular flexibility index (Phi) is 7.16. The number of likely N-dealkylation sites (tertiary alicyclic amines) is 1. The Morgan fingerprint density at radius 3 is 2.05 bits per heavy atom. The van der Waals surface area contributed by atoms with Crippen LogP contribution in [0.2, 0.25) is 0 Å². The monoisotopic (exact) mass is 688 g/mol. The number of fused-ring (bicyclic) bond motifs is 5. The Hall–Kier alpha value is -2.00. The molecule has 0 aromatic heterocycles. The van der Waals surface area contributed by atoms with Crippen molar-refractivity contribution in [1.29, 1.82) is 0 Å². The molecule has 3 fully saturated rings. The highest BCUT2D eigenvalue weighted by molar-refractivity contribution is 6.67. The van der Waals surface area contributed by atoms with Crippen molar-refractivity contribution in [2.45, 2.75) is 40.4 Å². The van der Waals surface area contributed by atoms with Gasteiger partial charge in [-0.05, 0) is 43.2 Å². The number of nitrogens with zero attached hydrogens (tertiary/aromatic N) is 2. The molecular formula is C29H22Cl6N2O5. The van der Waals surface area contributed by atoms with E-state index in [0.717, 1.165) is 10.5 Å². The molecule has 3 amide bonds. The summed E-state index contributed by atoms with van der Waals surface area (Å²) in [6, 6.07) is 13.8. The zero-order chi connectivity index (χ0) is 30.5. The number of benzene rings is 2. The Bertz CT molecular complexity index is 1550. The predicted molar refractivity (Wildman–Crippen MR) is 161 cm³/mol. The Morgan fingerprint density at radius 2 is 1.50 bits per heavy atom. The van der Waals surface area contributed by atoms with Crippen LogP contribution < -0.4 is 9.64 Å². The lowest BCUT2D eigenvalue weighted by molar-refractivity contribution is -0.139. The SMILES string of the molecule is Cc1cc(OC(=O)[C@@H]2CC(=O)N([C@@H](C)c3ccccc3)C2)ccc1N1C(=O)[C@@H]2[C@H](C1=O)[C@@]1(Cl)C(Cl)=C(Cl)[C@@]2(Cl)C1(Cl)Cl. The van der Waals surface area contributed by atoms with E-state index in [0.29, 0.717) is 5.56 Å². The van der Waals surface area contributed by atoms with Crippen molar-refractivity contribution in [3.05, 3.63) is 69.7 Å². The molecule has 2 aromatic rings. The molecule has 7 nitrogen and oxygen atoms in total. The van der Waals surface area contributed by atoms with Crippen LogP contribution in [0.25, 0.3) is 0 Å². The summed E-state index contributed by atoms with van der Waals surface area (Å²) >= 11 is 39.4. The van der Waals surface area contributed by atoms with E-state index in [1.165, 1.54) is 18.2 Å². The Balaban J connectivity index is 1.20. The first kappa shape index (κ1) is 30.0. The standard InChI is InChI=1S/C29H22Cl6N2O5/c1-13-10-17(42-26(41)16-11-19(38)36(12-16)14(2)15-6-4-3-5-7-15)8-9-18(13)37-24(39)20-21(25(37)40)28(33)23(31)22(30)27(20,32)29(28,34)35/h3-10,14,16,20-21H,11-12H2,1-2H3/t14-,16+,20-,21+,27+,28+/m0/s1. The number of ether oxygens (including phenoxy) is 1. The summed E-state index contributed by atoms with van der Waals surface area (Å²) in [4.78, 5) is 51.9. The fourth-order valence-corrected chi connectivity index (χ4v) is 9.48. The molecule has 2 aliphatic heterocycles. The minimum Gasteiger partial charge on any atom is -0.426 e. The number of anilines is 1. The minimum absolute atomic E-state index is 0.0365. The average molecular weight is 691 g/mol. The number of allylic oxidation sites excluding steroid dienone is 2. The topological polar surface area (TPSA) is 84.0 Å². The van der Waals surface area contributed by atoms with Crippen molar-refractivity contribution in [3.63, 3.8) is 0 Å². The van der Waals surface area contributed by atoms with E-state index in [4.69, 9.17) is 74.3 Å². The van der Waals surface area contributed by atoms with Crippen LogP contribution in [0.5, 0.6) is 5.75 Å². The molecule has 2 bridgehead atoms. The van der Waals surface area contributed by atoms with Gasteiger partial charge in [-0.15, -0.1) is 23.2 Å². The van der Waals surface area contributed by atoms with Gasteiger partial charge in [0, 0.05) is 13.0 Å². The third-order valence-electron chi connectivity index (χ3n) is 8.78. The van der Waals surface area contributed by atoms with E-state index in [-0.39, 0.29) is 46.4 Å². The summed E-state index contributed by atoms with van der Waals surface area (Å²) in [5, 5.41) is -0.340. The van der Waals surface area contributed by atoms with E-state index in [1.807, 2.05) is 37.3 Å². The van der Waals surface area contributed by atoms with E-state index >= 15 is 0 Å². The van der Waals surface area contributed by atoms with Gasteiger partial charge in [-0.1, -0.05) is 76.7 Å². The summed E-state index contributed by atoms with van der Waals surface area (Å²) in [5.74, 6) is -5.01. The van der Waals surface area contributed by atoms with Gasteiger partial charge in [0.25, 0.3) is 0 Å². The number of hydrogen-bond donors (Lipinski definition) is 0. The summed E-state index contributed by atoms with van der Waals surface area (Å²) in [6.45, 7) is 3.79. The molecule has 2 heterocycles. The number of carbonyl (C=O) groups is 4. The summed E-state index contributed by atoms with van der Waals surface area (Å²) in [5.41, 5.74) is 1.66. The summed E-state index contributed by atoms with van der Waals surface area (Å²) in [6.07, 6.45) is 0.0365. The fraction of sp³-hybridized carbons (Fsp3) is 0.379. The molecule has 0 unspecified atom stereocenters. The molecule has 1 saturated carbocycles. The van der Waals surface area contributed by atoms with Gasteiger partial charge in [0.2, 0.25) is 17.7 Å². The van der Waals surface area contributed by atoms with Crippen molar-refractivity contribution in [1.82, 2.24) is 4.90 Å². The van der Waals surface area contributed by atoms with E-state index in [9.17, 15) is 19.2 Å². The van der Waals surface area contributed by atoms with Gasteiger partial charge in [0.15, 0.2) is 4.33 Å². The molecule has 0 radical (unpaired) electrons. The highest BCUT2D eigenvalue weighted by Gasteiger charge is 2.87. The Labute approximate surface area is 271 Å². The molecule has 220 valence electrons. The first-order valence-electron chi connectivity index (χ1n) is 13.0. The summed E-state index contributed by atoms with van der Waals surface area (Å²) < 4.78 is 3.59. The largest absolute Gasteiger partial charge is 0.426 e. The molecule has 0 spiro atoms. The van der Waals surface area contributed by atoms with Crippen molar-refractivity contribution in [3.8, 4) is 5.75 Å². The second-order valence-electron chi connectivity index (χ2n) is 11.0. The third-order valence-corrected chi connectivity index (χ3v) is 13.0. The van der Waals surface area contributed by atoms with E-state index in [2.05, 4.69) is 0 Å². The summed E-state index contributed by atoms with van der Waals surface area (Å²) in [7, 11) is 0. The predicted octanol–water partition coefficient (Wildman–Crippen LogP) is 6.46. The van der Waals surface area contributed by atoms with Gasteiger partial charge in [0.1, 0.15) is 15.5 Å². The van der Waals surface area contributed by atoms with Crippen LogP contribution in [0, 0.1) is 24.7 Å². The number of aryl methyl sites for hydroxylation is 1. The zero-order valence-corrected chi connectivity index (χ0v) is 26.6. The molecule has 2 aliphatic carbocycles. The maximum Gasteiger partial charge on any atom is 0.316 e. The van der Waals surface area contributed by atoms with Crippen molar-refractivity contribution >= 4 is 99.0 Å². The number of hydrogen-bond acceptors (Lipinski definition) is 5. The molecule has 13 heteroatoms. The highest BCUT2D eigenvalue weighted by Crippen LogP contribution is 2.77. The second-order valence-corrected chi connectivity index (χ2v) is 14.3. The molecule has 2 aromatic carbocycles. The van der Waals surface area contributed by atoms with Gasteiger partial charge in [0.05, 0.1) is 39.5 Å². The van der Waals surface area contributed by atoms with Crippen molar-refractivity contribution < 1.29 is 23.9 Å². The molecule has 6 atom stereocenters. The number of alkyl halides is 4. The number of esters is 1. The lowest BCUT2D eigenvalue weighted by atomic mass is 9.84. The molecule has 4 aliphatic rings. The molecule has 0 N–H and O–H groups in total. The van der Waals surface area contributed by atoms with Crippen molar-refractivity contribution in [2.75, 3.05) is 11.4 Å². The van der Waals surface area contributed by atoms with Gasteiger partial charge in [-0.2, -0.15) is 0 Å². The number of halogens is 6. The van der Waals surface area contributed by atoms with Crippen LogP contribution in [0.4, 0.5) is 5.69 Å². The maximum absolute atomic E-state index is 13.7. The smallest absolute Gasteiger partial charge is 0.316 e. The zero-order valence-electron chi connectivity index (χ0n) is 22.0. The van der Waals surface area contributed by atoms with Crippen molar-refractivity contribution in [2.24, 2.45) is 17.8 Å². The second kappa shape index (κ2) is 10.0. The maximum atomic E-state index is 13.7. The lowest BCUT2D eigenvalue weighted by Gasteiger charge is -2.34. The lowest BCUT2D eigenvalue weighted by Crippen LogP contribution is -2.50. The molecule has 42 heavy (non-hydrogen) atoms. The van der Waals surface area contributed by atoms with E-state index in [1.54, 1.807) is 11.8 Å². The number of rotatable bonds is 5. The number of imide groups is 1. The first-order valence-corrected chi connectivity index (χ1v) is 15.3. The average Bonchev–Trinajstić information content (AvgIpc) is 3.54. The minimum atomic E-state index is -2.02. The van der Waals surface area contributed by atoms with Crippen LogP contribution in [0.1, 0.15) is 30.5 Å². The van der Waals surface area contributed by atoms with Crippen LogP contribution in [-0.4, -0.2) is 49.2 Å². The number of amides is 3. The van der Waals surface area contributed by atoms with Gasteiger partial charge in [-0.3, -0.25) is 19.2 Å². The van der Waals surface area contributed by atoms with Gasteiger partial charge >= 0.3 is 5.97 Å². The molecular weight excluding hydrogens is 669 g/mol. The van der Waals surface area contributed by atoms with Crippen LogP contribution in [0.15, 0.2) is 58.6 Å². The number of carbonyl (C=O) groups excluding carboxylic acids is 4.